The highest BCUT2D eigenvalue weighted by molar-refractivity contribution is 5.91. The molecule has 0 fully saturated rings. The monoisotopic (exact) mass is 381 g/mol. The molecule has 0 spiro atoms. The summed E-state index contributed by atoms with van der Waals surface area (Å²) in [4.78, 5) is 26.6. The number of hydrogen-bond donors (Lipinski definition) is 0. The van der Waals surface area contributed by atoms with Crippen LogP contribution in [0.2, 0.25) is 0 Å². The Kier molecular flexibility index (Phi) is 5.54. The lowest BCUT2D eigenvalue weighted by Gasteiger charge is -2.18. The van der Waals surface area contributed by atoms with Gasteiger partial charge in [0, 0.05) is 25.4 Å². The van der Waals surface area contributed by atoms with E-state index < -0.39 is 17.2 Å². The van der Waals surface area contributed by atoms with Gasteiger partial charge in [0.05, 0.1) is 7.11 Å². The molecule has 1 amide bonds. The number of para-hydroxylation sites is 1. The molecule has 0 atom stereocenters. The molecule has 0 bridgehead atoms. The highest BCUT2D eigenvalue weighted by Crippen LogP contribution is 2.15. The molecule has 144 valence electrons. The normalized spacial score (nSPS) is 10.6. The number of benzene rings is 2. The van der Waals surface area contributed by atoms with Crippen molar-refractivity contribution in [3.05, 3.63) is 87.6 Å². The minimum atomic E-state index is -0.536. The molecule has 0 aliphatic heterocycles. The molecule has 6 nitrogen and oxygen atoms in total. The van der Waals surface area contributed by atoms with Crippen LogP contribution >= 0.6 is 0 Å². The third kappa shape index (κ3) is 3.93. The Hall–Kier alpha value is -3.48. The van der Waals surface area contributed by atoms with Gasteiger partial charge in [-0.1, -0.05) is 24.3 Å². The van der Waals surface area contributed by atoms with Crippen molar-refractivity contribution in [2.24, 2.45) is 0 Å². The van der Waals surface area contributed by atoms with Crippen LogP contribution in [-0.2, 0) is 6.54 Å². The van der Waals surface area contributed by atoms with Gasteiger partial charge in [0.2, 0.25) is 5.43 Å². The fourth-order valence-corrected chi connectivity index (χ4v) is 2.82. The summed E-state index contributed by atoms with van der Waals surface area (Å²) in [6.45, 7) is 1.92. The Morgan fingerprint density at radius 2 is 1.86 bits per heavy atom. The van der Waals surface area contributed by atoms with Gasteiger partial charge in [-0.2, -0.15) is 5.10 Å². The third-order valence-corrected chi connectivity index (χ3v) is 4.32. The zero-order valence-electron chi connectivity index (χ0n) is 15.8. The van der Waals surface area contributed by atoms with Gasteiger partial charge in [-0.25, -0.2) is 9.07 Å². The van der Waals surface area contributed by atoms with Crippen LogP contribution in [0.3, 0.4) is 0 Å². The quantitative estimate of drug-likeness (QED) is 0.682. The van der Waals surface area contributed by atoms with Gasteiger partial charge in [-0.15, -0.1) is 0 Å². The molecule has 0 N–H and O–H groups in total. The van der Waals surface area contributed by atoms with E-state index >= 15 is 0 Å². The number of nitrogens with zero attached hydrogens (tertiary/aromatic N) is 3. The van der Waals surface area contributed by atoms with E-state index in [1.807, 2.05) is 12.1 Å². The number of aryl methyl sites for hydroxylation is 1. The van der Waals surface area contributed by atoms with Gasteiger partial charge in [-0.05, 0) is 36.8 Å². The van der Waals surface area contributed by atoms with Crippen LogP contribution in [0.1, 0.15) is 21.7 Å². The van der Waals surface area contributed by atoms with E-state index in [2.05, 4.69) is 5.10 Å². The Morgan fingerprint density at radius 3 is 2.50 bits per heavy atom. The first-order chi connectivity index (χ1) is 13.4. The van der Waals surface area contributed by atoms with Gasteiger partial charge >= 0.3 is 0 Å². The topological polar surface area (TPSA) is 64.4 Å². The summed E-state index contributed by atoms with van der Waals surface area (Å²) >= 11 is 0. The van der Waals surface area contributed by atoms with Crippen molar-refractivity contribution in [1.29, 1.82) is 0 Å². The molecule has 0 saturated heterocycles. The summed E-state index contributed by atoms with van der Waals surface area (Å²) < 4.78 is 20.5. The van der Waals surface area contributed by atoms with Gasteiger partial charge < -0.3 is 9.64 Å². The Bertz CT molecular complexity index is 1060. The Labute approximate surface area is 161 Å². The molecule has 0 aliphatic carbocycles. The highest BCUT2D eigenvalue weighted by atomic mass is 19.1. The number of halogens is 1. The summed E-state index contributed by atoms with van der Waals surface area (Å²) in [6, 6.07) is 14.6. The largest absolute Gasteiger partial charge is 0.497 e. The molecular formula is C21H20FN3O3. The SMILES string of the molecule is COc1ccc(CN(C)C(=O)c2nn(-c3ccccc3F)c(C)cc2=O)cc1. The van der Waals surface area contributed by atoms with Crippen LogP contribution in [0.4, 0.5) is 4.39 Å². The lowest BCUT2D eigenvalue weighted by atomic mass is 10.2. The van der Waals surface area contributed by atoms with Crippen LogP contribution in [0.25, 0.3) is 5.69 Å². The maximum atomic E-state index is 14.2. The fraction of sp³-hybridized carbons (Fsp3) is 0.190. The molecule has 28 heavy (non-hydrogen) atoms. The van der Waals surface area contributed by atoms with Crippen molar-refractivity contribution in [3.8, 4) is 11.4 Å². The lowest BCUT2D eigenvalue weighted by Crippen LogP contribution is -2.33. The molecule has 0 aliphatic rings. The highest BCUT2D eigenvalue weighted by Gasteiger charge is 2.20. The summed E-state index contributed by atoms with van der Waals surface area (Å²) in [6.07, 6.45) is 0. The number of rotatable bonds is 5. The van der Waals surface area contributed by atoms with Crippen molar-refractivity contribution in [3.63, 3.8) is 0 Å². The van der Waals surface area contributed by atoms with E-state index in [0.717, 1.165) is 5.56 Å². The third-order valence-electron chi connectivity index (χ3n) is 4.32. The van der Waals surface area contributed by atoms with E-state index in [1.54, 1.807) is 45.3 Å². The second-order valence-corrected chi connectivity index (χ2v) is 6.37. The predicted octanol–water partition coefficient (Wildman–Crippen LogP) is 2.96. The average Bonchev–Trinajstić information content (AvgIpc) is 2.69. The summed E-state index contributed by atoms with van der Waals surface area (Å²) in [5.74, 6) is -0.316. The number of hydrogen-bond acceptors (Lipinski definition) is 4. The maximum Gasteiger partial charge on any atom is 0.278 e. The zero-order chi connectivity index (χ0) is 20.3. The summed E-state index contributed by atoms with van der Waals surface area (Å²) in [5, 5.41) is 4.15. The number of carbonyl (C=O) groups is 1. The molecule has 0 radical (unpaired) electrons. The van der Waals surface area contributed by atoms with Crippen LogP contribution in [0.15, 0.2) is 59.4 Å². The summed E-state index contributed by atoms with van der Waals surface area (Å²) in [5.41, 5.74) is 0.719. The van der Waals surface area contributed by atoms with Crippen molar-refractivity contribution in [1.82, 2.24) is 14.7 Å². The molecular weight excluding hydrogens is 361 g/mol. The molecule has 1 heterocycles. The van der Waals surface area contributed by atoms with E-state index in [1.165, 1.54) is 27.8 Å². The van der Waals surface area contributed by atoms with Crippen LogP contribution in [0.5, 0.6) is 5.75 Å². The minimum Gasteiger partial charge on any atom is -0.497 e. The maximum absolute atomic E-state index is 14.2. The van der Waals surface area contributed by atoms with Crippen molar-refractivity contribution < 1.29 is 13.9 Å². The van der Waals surface area contributed by atoms with Crippen LogP contribution in [0, 0.1) is 12.7 Å². The van der Waals surface area contributed by atoms with Gasteiger partial charge in [0.15, 0.2) is 5.69 Å². The van der Waals surface area contributed by atoms with Gasteiger partial charge in [0.1, 0.15) is 17.3 Å². The van der Waals surface area contributed by atoms with E-state index in [-0.39, 0.29) is 17.9 Å². The molecule has 3 rings (SSSR count). The fourth-order valence-electron chi connectivity index (χ4n) is 2.82. The first-order valence-corrected chi connectivity index (χ1v) is 8.65. The number of amides is 1. The molecule has 2 aromatic carbocycles. The van der Waals surface area contributed by atoms with Gasteiger partial charge in [-0.3, -0.25) is 9.59 Å². The van der Waals surface area contributed by atoms with Crippen molar-refractivity contribution in [2.75, 3.05) is 14.2 Å². The smallest absolute Gasteiger partial charge is 0.278 e. The first-order valence-electron chi connectivity index (χ1n) is 8.65. The molecule has 1 aromatic heterocycles. The van der Waals surface area contributed by atoms with Crippen LogP contribution < -0.4 is 10.2 Å². The number of ether oxygens (including phenoxy) is 1. The predicted molar refractivity (Wildman–Crippen MR) is 103 cm³/mol. The van der Waals surface area contributed by atoms with E-state index in [0.29, 0.717) is 11.4 Å². The number of carbonyl (C=O) groups excluding carboxylic acids is 1. The second kappa shape index (κ2) is 8.04. The number of aromatic nitrogens is 2. The second-order valence-electron chi connectivity index (χ2n) is 6.37. The Morgan fingerprint density at radius 1 is 1.18 bits per heavy atom. The van der Waals surface area contributed by atoms with Crippen LogP contribution in [-0.4, -0.2) is 34.7 Å². The minimum absolute atomic E-state index is 0.173. The molecule has 0 unspecified atom stereocenters. The first kappa shape index (κ1) is 19.3. The molecule has 7 heteroatoms. The zero-order valence-corrected chi connectivity index (χ0v) is 15.8. The van der Waals surface area contributed by atoms with E-state index in [4.69, 9.17) is 4.74 Å². The van der Waals surface area contributed by atoms with E-state index in [9.17, 15) is 14.0 Å². The van der Waals surface area contributed by atoms with Crippen molar-refractivity contribution >= 4 is 5.91 Å². The lowest BCUT2D eigenvalue weighted by molar-refractivity contribution is 0.0775. The van der Waals surface area contributed by atoms with Crippen molar-refractivity contribution in [2.45, 2.75) is 13.5 Å². The van der Waals surface area contributed by atoms with Gasteiger partial charge in [0.25, 0.3) is 5.91 Å². The molecule has 0 saturated carbocycles. The average molecular weight is 381 g/mol. The standard InChI is InChI=1S/C21H20FN3O3/c1-14-12-19(26)20(23-25(14)18-7-5-4-6-17(18)22)21(27)24(2)13-15-8-10-16(28-3)11-9-15/h4-12H,13H2,1-3H3. The Balaban J connectivity index is 1.91. The summed E-state index contributed by atoms with van der Waals surface area (Å²) in [7, 11) is 3.16. The molecule has 3 aromatic rings. The number of methoxy groups -OCH3 is 1.